The molecule has 1 saturated carbocycles. The van der Waals surface area contributed by atoms with Gasteiger partial charge in [-0.1, -0.05) is 11.6 Å². The van der Waals surface area contributed by atoms with Crippen molar-refractivity contribution < 1.29 is 17.9 Å². The Bertz CT molecular complexity index is 1060. The largest absolute Gasteiger partial charge is 0.371 e. The molecule has 3 N–H and O–H groups in total. The molecule has 0 amide bonds. The number of anilines is 3. The van der Waals surface area contributed by atoms with E-state index in [1.807, 2.05) is 7.05 Å². The number of aryl methyl sites for hydroxylation is 1. The third-order valence-corrected chi connectivity index (χ3v) is 7.41. The molecular weight excluding hydrogens is 446 g/mol. The summed E-state index contributed by atoms with van der Waals surface area (Å²) in [5.41, 5.74) is 0.750. The van der Waals surface area contributed by atoms with E-state index in [1.54, 1.807) is 17.1 Å². The molecule has 4 atom stereocenters. The van der Waals surface area contributed by atoms with Gasteiger partial charge >= 0.3 is 0 Å². The number of nitrogens with one attached hydrogen (secondary N) is 3. The van der Waals surface area contributed by atoms with Crippen LogP contribution in [0.1, 0.15) is 12.8 Å². The first kappa shape index (κ1) is 20.9. The number of fused-ring (bicyclic) bond motifs is 1. The molecule has 0 aromatic carbocycles. The van der Waals surface area contributed by atoms with E-state index in [4.69, 9.17) is 21.1 Å². The molecule has 3 aliphatic rings. The van der Waals surface area contributed by atoms with Crippen molar-refractivity contribution >= 4 is 39.1 Å². The Morgan fingerprint density at radius 1 is 1.19 bits per heavy atom. The van der Waals surface area contributed by atoms with Crippen LogP contribution in [-0.2, 0) is 26.5 Å². The van der Waals surface area contributed by atoms with Gasteiger partial charge in [0.05, 0.1) is 49.1 Å². The van der Waals surface area contributed by atoms with Crippen LogP contribution in [0.5, 0.6) is 0 Å². The van der Waals surface area contributed by atoms with Crippen molar-refractivity contribution in [3.05, 3.63) is 23.6 Å². The number of hydrogen-bond acceptors (Lipinski definition) is 9. The van der Waals surface area contributed by atoms with Crippen molar-refractivity contribution in [2.75, 3.05) is 29.6 Å². The first-order chi connectivity index (χ1) is 14.9. The van der Waals surface area contributed by atoms with Crippen LogP contribution in [0.15, 0.2) is 18.6 Å². The van der Waals surface area contributed by atoms with Crippen LogP contribution in [0.3, 0.4) is 0 Å². The number of ether oxygens (including phenoxy) is 2. The fourth-order valence-corrected chi connectivity index (χ4v) is 5.78. The Hall–Kier alpha value is -1.99. The highest BCUT2D eigenvalue weighted by atomic mass is 35.5. The highest BCUT2D eigenvalue weighted by Gasteiger charge is 2.49. The van der Waals surface area contributed by atoms with E-state index in [0.29, 0.717) is 23.4 Å². The standard InChI is InChI=1S/C18H24ClN7O4S/c1-26-6-11(4-21-26)22-18-20-5-12(19)17(24-18)23-13-7-29-16-14(8-30-15(13)16)25-31(27,28)9-10-2-3-10/h4-6,10,13-16,25H,2-3,7-9H2,1H3,(H2,20,22,23,24). The summed E-state index contributed by atoms with van der Waals surface area (Å²) in [5, 5.41) is 10.8. The van der Waals surface area contributed by atoms with Crippen molar-refractivity contribution in [1.29, 1.82) is 0 Å². The molecule has 3 fully saturated rings. The topological polar surface area (TPSA) is 132 Å². The second-order valence-corrected chi connectivity index (χ2v) is 10.4. The molecule has 2 aromatic heterocycles. The third-order valence-electron chi connectivity index (χ3n) is 5.56. The van der Waals surface area contributed by atoms with E-state index in [-0.39, 0.29) is 36.5 Å². The molecule has 0 radical (unpaired) electrons. The number of rotatable bonds is 8. The summed E-state index contributed by atoms with van der Waals surface area (Å²) in [4.78, 5) is 8.64. The van der Waals surface area contributed by atoms with Crippen LogP contribution in [0.25, 0.3) is 0 Å². The third kappa shape index (κ3) is 4.77. The maximum Gasteiger partial charge on any atom is 0.229 e. The van der Waals surface area contributed by atoms with E-state index in [1.165, 1.54) is 6.20 Å². The molecule has 0 bridgehead atoms. The Balaban J connectivity index is 1.23. The Morgan fingerprint density at radius 2 is 1.94 bits per heavy atom. The number of hydrogen-bond donors (Lipinski definition) is 3. The molecular formula is C18H24ClN7O4S. The predicted molar refractivity (Wildman–Crippen MR) is 114 cm³/mol. The summed E-state index contributed by atoms with van der Waals surface area (Å²) in [6.45, 7) is 0.616. The lowest BCUT2D eigenvalue weighted by Gasteiger charge is -2.19. The normalized spacial score (nSPS) is 27.9. The van der Waals surface area contributed by atoms with Gasteiger partial charge in [-0.05, 0) is 18.8 Å². The van der Waals surface area contributed by atoms with Crippen LogP contribution >= 0.6 is 11.6 Å². The lowest BCUT2D eigenvalue weighted by molar-refractivity contribution is 0.0690. The van der Waals surface area contributed by atoms with Gasteiger partial charge in [0.15, 0.2) is 5.82 Å². The number of nitrogens with zero attached hydrogens (tertiary/aromatic N) is 4. The zero-order chi connectivity index (χ0) is 21.6. The molecule has 31 heavy (non-hydrogen) atoms. The van der Waals surface area contributed by atoms with Gasteiger partial charge in [-0.25, -0.2) is 18.1 Å². The van der Waals surface area contributed by atoms with Gasteiger partial charge in [0, 0.05) is 13.2 Å². The summed E-state index contributed by atoms with van der Waals surface area (Å²) < 4.78 is 40.9. The summed E-state index contributed by atoms with van der Waals surface area (Å²) >= 11 is 6.29. The van der Waals surface area contributed by atoms with Gasteiger partial charge in [-0.3, -0.25) is 4.68 Å². The van der Waals surface area contributed by atoms with Crippen molar-refractivity contribution in [2.24, 2.45) is 13.0 Å². The SMILES string of the molecule is Cn1cc(Nc2ncc(Cl)c(NC3COC4C(NS(=O)(=O)CC5CC5)COC34)n2)cn1. The van der Waals surface area contributed by atoms with Crippen LogP contribution in [0.2, 0.25) is 5.02 Å². The monoisotopic (exact) mass is 469 g/mol. The predicted octanol–water partition coefficient (Wildman–Crippen LogP) is 0.883. The fraction of sp³-hybridized carbons (Fsp3) is 0.611. The molecule has 0 spiro atoms. The second-order valence-electron chi connectivity index (χ2n) is 8.21. The van der Waals surface area contributed by atoms with Gasteiger partial charge in [-0.2, -0.15) is 10.1 Å². The molecule has 5 rings (SSSR count). The van der Waals surface area contributed by atoms with Crippen molar-refractivity contribution in [3.63, 3.8) is 0 Å². The minimum absolute atomic E-state index is 0.172. The first-order valence-electron chi connectivity index (χ1n) is 10.1. The van der Waals surface area contributed by atoms with E-state index >= 15 is 0 Å². The van der Waals surface area contributed by atoms with E-state index in [2.05, 4.69) is 30.4 Å². The zero-order valence-electron chi connectivity index (χ0n) is 16.9. The Kier molecular flexibility index (Phi) is 5.51. The van der Waals surface area contributed by atoms with Crippen LogP contribution in [0, 0.1) is 5.92 Å². The second kappa shape index (κ2) is 8.17. The maximum absolute atomic E-state index is 12.3. The zero-order valence-corrected chi connectivity index (χ0v) is 18.4. The highest BCUT2D eigenvalue weighted by molar-refractivity contribution is 7.89. The molecule has 168 valence electrons. The van der Waals surface area contributed by atoms with Gasteiger partial charge in [-0.15, -0.1) is 0 Å². The average Bonchev–Trinajstić information content (AvgIpc) is 3.08. The first-order valence-corrected chi connectivity index (χ1v) is 12.2. The Labute approximate surface area is 184 Å². The highest BCUT2D eigenvalue weighted by Crippen LogP contribution is 2.33. The lowest BCUT2D eigenvalue weighted by Crippen LogP contribution is -2.45. The fourth-order valence-electron chi connectivity index (χ4n) is 3.92. The summed E-state index contributed by atoms with van der Waals surface area (Å²) in [6, 6.07) is -0.620. The molecule has 4 heterocycles. The van der Waals surface area contributed by atoms with Crippen LogP contribution < -0.4 is 15.4 Å². The van der Waals surface area contributed by atoms with Crippen LogP contribution in [0.4, 0.5) is 17.5 Å². The van der Waals surface area contributed by atoms with Crippen molar-refractivity contribution in [3.8, 4) is 0 Å². The smallest absolute Gasteiger partial charge is 0.229 e. The molecule has 11 nitrogen and oxygen atoms in total. The van der Waals surface area contributed by atoms with E-state index < -0.39 is 16.1 Å². The molecule has 2 aromatic rings. The molecule has 1 aliphatic carbocycles. The summed E-state index contributed by atoms with van der Waals surface area (Å²) in [6.07, 6.45) is 6.26. The molecule has 13 heteroatoms. The molecule has 4 unspecified atom stereocenters. The van der Waals surface area contributed by atoms with Crippen LogP contribution in [-0.4, -0.2) is 71.4 Å². The van der Waals surface area contributed by atoms with Gasteiger partial charge < -0.3 is 20.1 Å². The summed E-state index contributed by atoms with van der Waals surface area (Å²) in [7, 11) is -1.53. The number of aromatic nitrogens is 4. The van der Waals surface area contributed by atoms with Gasteiger partial charge in [0.1, 0.15) is 17.2 Å². The molecule has 2 aliphatic heterocycles. The summed E-state index contributed by atoms with van der Waals surface area (Å²) in [5.74, 6) is 1.27. The Morgan fingerprint density at radius 3 is 2.65 bits per heavy atom. The molecule has 2 saturated heterocycles. The van der Waals surface area contributed by atoms with Crippen molar-refractivity contribution in [2.45, 2.75) is 37.1 Å². The lowest BCUT2D eigenvalue weighted by atomic mass is 10.1. The maximum atomic E-state index is 12.3. The number of halogens is 1. The minimum Gasteiger partial charge on any atom is -0.371 e. The van der Waals surface area contributed by atoms with E-state index in [0.717, 1.165) is 18.5 Å². The number of sulfonamides is 1. The minimum atomic E-state index is -3.34. The van der Waals surface area contributed by atoms with Gasteiger partial charge in [0.2, 0.25) is 16.0 Å². The average molecular weight is 470 g/mol. The van der Waals surface area contributed by atoms with Crippen molar-refractivity contribution in [1.82, 2.24) is 24.5 Å². The van der Waals surface area contributed by atoms with Gasteiger partial charge in [0.25, 0.3) is 0 Å². The van der Waals surface area contributed by atoms with E-state index in [9.17, 15) is 8.42 Å². The quantitative estimate of drug-likeness (QED) is 0.515.